The van der Waals surface area contributed by atoms with Crippen molar-refractivity contribution in [3.05, 3.63) is 66.1 Å². The number of benzene rings is 1. The first kappa shape index (κ1) is 12.9. The lowest BCUT2D eigenvalue weighted by molar-refractivity contribution is 1.09. The highest BCUT2D eigenvalue weighted by atomic mass is 15.1. The largest absolute Gasteiger partial charge is 0.380 e. The number of anilines is 1. The van der Waals surface area contributed by atoms with Gasteiger partial charge in [-0.05, 0) is 29.3 Å². The maximum absolute atomic E-state index is 8.70. The van der Waals surface area contributed by atoms with Gasteiger partial charge in [-0.3, -0.25) is 5.10 Å². The van der Waals surface area contributed by atoms with Crippen LogP contribution in [0.2, 0.25) is 0 Å². The highest BCUT2D eigenvalue weighted by molar-refractivity contribution is 5.58. The summed E-state index contributed by atoms with van der Waals surface area (Å²) in [6, 6.07) is 15.7. The first-order chi connectivity index (χ1) is 10.3. The molecule has 0 radical (unpaired) electrons. The second-order valence-electron chi connectivity index (χ2n) is 4.56. The third-order valence-corrected chi connectivity index (χ3v) is 3.14. The molecule has 0 aliphatic rings. The Morgan fingerprint density at radius 2 is 1.95 bits per heavy atom. The van der Waals surface area contributed by atoms with Crippen molar-refractivity contribution in [3.63, 3.8) is 0 Å². The zero-order valence-electron chi connectivity index (χ0n) is 11.2. The molecule has 0 aliphatic carbocycles. The molecule has 2 heterocycles. The van der Waals surface area contributed by atoms with Crippen LogP contribution in [-0.2, 0) is 6.54 Å². The molecule has 3 rings (SSSR count). The third-order valence-electron chi connectivity index (χ3n) is 3.14. The first-order valence-electron chi connectivity index (χ1n) is 6.54. The van der Waals surface area contributed by atoms with E-state index in [0.29, 0.717) is 12.2 Å². The van der Waals surface area contributed by atoms with Crippen LogP contribution < -0.4 is 5.32 Å². The van der Waals surface area contributed by atoms with Gasteiger partial charge in [-0.2, -0.15) is 10.4 Å². The fraction of sp³-hybridized carbons (Fsp3) is 0.0625. The van der Waals surface area contributed by atoms with Crippen LogP contribution in [0.15, 0.2) is 54.9 Å². The van der Waals surface area contributed by atoms with E-state index in [-0.39, 0.29) is 0 Å². The smallest absolute Gasteiger partial charge is 0.140 e. The second kappa shape index (κ2) is 5.88. The summed E-state index contributed by atoms with van der Waals surface area (Å²) in [5, 5.41) is 18.9. The first-order valence-corrected chi connectivity index (χ1v) is 6.54. The van der Waals surface area contributed by atoms with Crippen molar-refractivity contribution < 1.29 is 0 Å². The van der Waals surface area contributed by atoms with Crippen molar-refractivity contribution in [2.24, 2.45) is 0 Å². The number of pyridine rings is 1. The van der Waals surface area contributed by atoms with Gasteiger partial charge >= 0.3 is 0 Å². The van der Waals surface area contributed by atoms with E-state index in [9.17, 15) is 0 Å². The van der Waals surface area contributed by atoms with Crippen LogP contribution in [0.5, 0.6) is 0 Å². The minimum absolute atomic E-state index is 0.421. The monoisotopic (exact) mass is 275 g/mol. The number of nitrogens with zero attached hydrogens (tertiary/aromatic N) is 3. The molecule has 0 bridgehead atoms. The molecule has 0 unspecified atom stereocenters. The molecule has 21 heavy (non-hydrogen) atoms. The minimum atomic E-state index is 0.421. The predicted octanol–water partition coefficient (Wildman–Crippen LogP) is 2.96. The van der Waals surface area contributed by atoms with Gasteiger partial charge in [0.15, 0.2) is 0 Å². The Hall–Kier alpha value is -3.13. The normalized spacial score (nSPS) is 10.0. The standard InChI is InChI=1S/C16H13N5/c17-9-14-5-6-15(11-19-14)18-10-12-1-3-13(4-2-12)16-7-8-20-21-16/h1-8,11,18H,10H2,(H,20,21). The maximum atomic E-state index is 8.70. The molecule has 102 valence electrons. The van der Waals surface area contributed by atoms with Crippen LogP contribution in [0.1, 0.15) is 11.3 Å². The quantitative estimate of drug-likeness (QED) is 0.767. The van der Waals surface area contributed by atoms with E-state index in [4.69, 9.17) is 5.26 Å². The van der Waals surface area contributed by atoms with Crippen molar-refractivity contribution in [2.75, 3.05) is 5.32 Å². The number of rotatable bonds is 4. The summed E-state index contributed by atoms with van der Waals surface area (Å²) >= 11 is 0. The molecule has 0 fully saturated rings. The van der Waals surface area contributed by atoms with E-state index in [0.717, 1.165) is 16.9 Å². The number of nitrogens with one attached hydrogen (secondary N) is 2. The summed E-state index contributed by atoms with van der Waals surface area (Å²) < 4.78 is 0. The average Bonchev–Trinajstić information content (AvgIpc) is 3.08. The summed E-state index contributed by atoms with van der Waals surface area (Å²) in [6.07, 6.45) is 3.40. The summed E-state index contributed by atoms with van der Waals surface area (Å²) in [5.74, 6) is 0. The highest BCUT2D eigenvalue weighted by Crippen LogP contribution is 2.17. The van der Waals surface area contributed by atoms with Crippen LogP contribution >= 0.6 is 0 Å². The van der Waals surface area contributed by atoms with Gasteiger partial charge in [0.05, 0.1) is 17.6 Å². The Morgan fingerprint density at radius 3 is 2.57 bits per heavy atom. The molecule has 5 nitrogen and oxygen atoms in total. The number of H-pyrrole nitrogens is 1. The molecular weight excluding hydrogens is 262 g/mol. The van der Waals surface area contributed by atoms with Crippen LogP contribution in [0.3, 0.4) is 0 Å². The molecule has 2 aromatic heterocycles. The number of aromatic amines is 1. The third kappa shape index (κ3) is 3.07. The molecule has 2 N–H and O–H groups in total. The van der Waals surface area contributed by atoms with Crippen LogP contribution in [0.4, 0.5) is 5.69 Å². The summed E-state index contributed by atoms with van der Waals surface area (Å²) in [4.78, 5) is 4.02. The second-order valence-corrected chi connectivity index (χ2v) is 4.56. The van der Waals surface area contributed by atoms with Crippen LogP contribution in [-0.4, -0.2) is 15.2 Å². The molecule has 0 spiro atoms. The van der Waals surface area contributed by atoms with Crippen molar-refractivity contribution in [1.82, 2.24) is 15.2 Å². The van der Waals surface area contributed by atoms with Gasteiger partial charge in [0.25, 0.3) is 0 Å². The summed E-state index contributed by atoms with van der Waals surface area (Å²) in [6.45, 7) is 0.705. The molecule has 3 aromatic rings. The van der Waals surface area contributed by atoms with Gasteiger partial charge in [0, 0.05) is 12.7 Å². The van der Waals surface area contributed by atoms with E-state index < -0.39 is 0 Å². The number of nitriles is 1. The fourth-order valence-corrected chi connectivity index (χ4v) is 1.99. The van der Waals surface area contributed by atoms with E-state index in [1.165, 1.54) is 5.56 Å². The molecule has 0 saturated carbocycles. The van der Waals surface area contributed by atoms with Crippen LogP contribution in [0.25, 0.3) is 11.3 Å². The predicted molar refractivity (Wildman–Crippen MR) is 80.3 cm³/mol. The lowest BCUT2D eigenvalue weighted by Gasteiger charge is -2.06. The minimum Gasteiger partial charge on any atom is -0.380 e. The molecule has 0 saturated heterocycles. The van der Waals surface area contributed by atoms with Crippen molar-refractivity contribution in [3.8, 4) is 17.3 Å². The molecule has 0 atom stereocenters. The number of aromatic nitrogens is 3. The Morgan fingerprint density at radius 1 is 1.10 bits per heavy atom. The molecular formula is C16H13N5. The van der Waals surface area contributed by atoms with Gasteiger partial charge in [0.1, 0.15) is 11.8 Å². The van der Waals surface area contributed by atoms with Crippen LogP contribution in [0, 0.1) is 11.3 Å². The molecule has 5 heteroatoms. The van der Waals surface area contributed by atoms with Crippen molar-refractivity contribution in [1.29, 1.82) is 5.26 Å². The molecule has 0 aliphatic heterocycles. The fourth-order valence-electron chi connectivity index (χ4n) is 1.99. The van der Waals surface area contributed by atoms with E-state index in [2.05, 4.69) is 44.8 Å². The van der Waals surface area contributed by atoms with E-state index >= 15 is 0 Å². The lowest BCUT2D eigenvalue weighted by Crippen LogP contribution is -1.99. The number of hydrogen-bond acceptors (Lipinski definition) is 4. The number of hydrogen-bond donors (Lipinski definition) is 2. The Kier molecular flexibility index (Phi) is 3.61. The van der Waals surface area contributed by atoms with E-state index in [1.54, 1.807) is 18.5 Å². The van der Waals surface area contributed by atoms with Gasteiger partial charge < -0.3 is 5.32 Å². The van der Waals surface area contributed by atoms with E-state index in [1.807, 2.05) is 18.2 Å². The topological polar surface area (TPSA) is 77.4 Å². The SMILES string of the molecule is N#Cc1ccc(NCc2ccc(-c3ccn[nH]3)cc2)cn1. The van der Waals surface area contributed by atoms with Crippen molar-refractivity contribution in [2.45, 2.75) is 6.54 Å². The zero-order valence-corrected chi connectivity index (χ0v) is 11.2. The molecule has 1 aromatic carbocycles. The van der Waals surface area contributed by atoms with Gasteiger partial charge in [0.2, 0.25) is 0 Å². The zero-order chi connectivity index (χ0) is 14.5. The summed E-state index contributed by atoms with van der Waals surface area (Å²) in [5.41, 5.74) is 4.60. The van der Waals surface area contributed by atoms with Gasteiger partial charge in [-0.25, -0.2) is 4.98 Å². The van der Waals surface area contributed by atoms with Crippen molar-refractivity contribution >= 4 is 5.69 Å². The maximum Gasteiger partial charge on any atom is 0.140 e. The Labute approximate surface area is 122 Å². The highest BCUT2D eigenvalue weighted by Gasteiger charge is 2.00. The average molecular weight is 275 g/mol. The van der Waals surface area contributed by atoms with Gasteiger partial charge in [-0.15, -0.1) is 0 Å². The lowest BCUT2D eigenvalue weighted by atomic mass is 10.1. The molecule has 0 amide bonds. The Bertz CT molecular complexity index is 737. The summed E-state index contributed by atoms with van der Waals surface area (Å²) in [7, 11) is 0. The van der Waals surface area contributed by atoms with Gasteiger partial charge in [-0.1, -0.05) is 24.3 Å². The Balaban J connectivity index is 1.64.